The van der Waals surface area contributed by atoms with Gasteiger partial charge in [-0.15, -0.1) is 0 Å². The van der Waals surface area contributed by atoms with E-state index in [1.807, 2.05) is 0 Å². The number of hydrogen-bond acceptors (Lipinski definition) is 3. The minimum absolute atomic E-state index is 0.110. The summed E-state index contributed by atoms with van der Waals surface area (Å²) in [5, 5.41) is 4.15. The van der Waals surface area contributed by atoms with E-state index in [9.17, 15) is 31.1 Å². The van der Waals surface area contributed by atoms with Crippen molar-refractivity contribution in [3.05, 3.63) is 36.4 Å². The van der Waals surface area contributed by atoms with Gasteiger partial charge >= 0.3 is 12.4 Å². The van der Waals surface area contributed by atoms with Crippen LogP contribution in [0.25, 0.3) is 5.69 Å². The van der Waals surface area contributed by atoms with Crippen molar-refractivity contribution in [1.29, 1.82) is 0 Å². The molecule has 27 heavy (non-hydrogen) atoms. The molecule has 0 spiro atoms. The van der Waals surface area contributed by atoms with Crippen LogP contribution in [-0.4, -0.2) is 39.6 Å². The second-order valence-corrected chi connectivity index (χ2v) is 5.73. The first kappa shape index (κ1) is 20.7. The zero-order valence-electron chi connectivity index (χ0n) is 14.3. The van der Waals surface area contributed by atoms with Crippen molar-refractivity contribution in [3.8, 4) is 5.69 Å². The Morgan fingerprint density at radius 1 is 1.22 bits per heavy atom. The number of aryl methyl sites for hydroxylation is 1. The van der Waals surface area contributed by atoms with Gasteiger partial charge in [0.25, 0.3) is 0 Å². The van der Waals surface area contributed by atoms with Gasteiger partial charge < -0.3 is 4.90 Å². The molecule has 0 saturated carbocycles. The Bertz CT molecular complexity index is 770. The number of hydrogen-bond donors (Lipinski definition) is 0. The van der Waals surface area contributed by atoms with Gasteiger partial charge in [0.2, 0.25) is 5.91 Å². The average molecular weight is 394 g/mol. The molecule has 2 heterocycles. The molecule has 0 bridgehead atoms. The Morgan fingerprint density at radius 2 is 1.85 bits per heavy atom. The Hall–Kier alpha value is -2.59. The molecule has 11 heteroatoms. The fraction of sp³-hybridized carbons (Fsp3) is 0.438. The van der Waals surface area contributed by atoms with E-state index >= 15 is 0 Å². The van der Waals surface area contributed by atoms with Gasteiger partial charge in [-0.25, -0.2) is 4.68 Å². The van der Waals surface area contributed by atoms with Gasteiger partial charge in [-0.2, -0.15) is 31.4 Å². The highest BCUT2D eigenvalue weighted by atomic mass is 19.4. The van der Waals surface area contributed by atoms with Crippen molar-refractivity contribution in [3.63, 3.8) is 0 Å². The molecule has 0 aromatic carbocycles. The molecule has 5 nitrogen and oxygen atoms in total. The maximum Gasteiger partial charge on any atom is 0.400 e. The molecule has 1 amide bonds. The Morgan fingerprint density at radius 3 is 2.33 bits per heavy atom. The molecule has 0 aliphatic heterocycles. The molecule has 0 radical (unpaired) electrons. The molecule has 0 fully saturated rings. The SMILES string of the molecule is CCN(C(=O)CC(C(F)(F)F)C(F)(F)F)c1cn(-c2cccnc2)nc1C. The van der Waals surface area contributed by atoms with Gasteiger partial charge in [-0.05, 0) is 26.0 Å². The third-order valence-electron chi connectivity index (χ3n) is 3.86. The maximum atomic E-state index is 12.7. The molecular formula is C16H16F6N4O. The van der Waals surface area contributed by atoms with Crippen LogP contribution in [0.1, 0.15) is 19.0 Å². The number of carbonyl (C=O) groups is 1. The lowest BCUT2D eigenvalue weighted by molar-refractivity contribution is -0.284. The number of alkyl halides is 6. The monoisotopic (exact) mass is 394 g/mol. The quantitative estimate of drug-likeness (QED) is 0.719. The molecular weight excluding hydrogens is 378 g/mol. The average Bonchev–Trinajstić information content (AvgIpc) is 2.94. The summed E-state index contributed by atoms with van der Waals surface area (Å²) in [5.74, 6) is -5.01. The third-order valence-corrected chi connectivity index (χ3v) is 3.86. The van der Waals surface area contributed by atoms with Crippen LogP contribution in [0.4, 0.5) is 32.0 Å². The normalized spacial score (nSPS) is 12.5. The van der Waals surface area contributed by atoms with E-state index in [4.69, 9.17) is 0 Å². The van der Waals surface area contributed by atoms with E-state index in [-0.39, 0.29) is 17.9 Å². The van der Waals surface area contributed by atoms with Crippen LogP contribution in [0.3, 0.4) is 0 Å². The van der Waals surface area contributed by atoms with Crippen LogP contribution in [0.15, 0.2) is 30.7 Å². The van der Waals surface area contributed by atoms with E-state index in [0.29, 0.717) is 5.69 Å². The standard InChI is InChI=1S/C16H16F6N4O/c1-3-25(14(27)7-13(15(17,18)19)16(20,21)22)12-9-26(24-10(12)2)11-5-4-6-23-8-11/h4-6,8-9,13H,3,7H2,1-2H3. The first-order valence-electron chi connectivity index (χ1n) is 7.85. The highest BCUT2D eigenvalue weighted by Crippen LogP contribution is 2.42. The largest absolute Gasteiger partial charge is 0.400 e. The minimum atomic E-state index is -5.57. The Kier molecular flexibility index (Phi) is 5.81. The van der Waals surface area contributed by atoms with Gasteiger partial charge in [0.05, 0.1) is 29.5 Å². The van der Waals surface area contributed by atoms with E-state index < -0.39 is 30.6 Å². The summed E-state index contributed by atoms with van der Waals surface area (Å²) < 4.78 is 77.8. The van der Waals surface area contributed by atoms with Crippen molar-refractivity contribution in [2.45, 2.75) is 32.6 Å². The van der Waals surface area contributed by atoms with Crippen molar-refractivity contribution >= 4 is 11.6 Å². The molecule has 2 aromatic rings. The fourth-order valence-electron chi connectivity index (χ4n) is 2.52. The summed E-state index contributed by atoms with van der Waals surface area (Å²) in [5.41, 5.74) is 0.942. The first-order chi connectivity index (χ1) is 12.4. The Balaban J connectivity index is 2.31. The van der Waals surface area contributed by atoms with Crippen LogP contribution in [0.5, 0.6) is 0 Å². The lowest BCUT2D eigenvalue weighted by atomic mass is 10.0. The number of carbonyl (C=O) groups excluding carboxylic acids is 1. The number of pyridine rings is 1. The maximum absolute atomic E-state index is 12.7. The first-order valence-corrected chi connectivity index (χ1v) is 7.85. The molecule has 0 atom stereocenters. The second-order valence-electron chi connectivity index (χ2n) is 5.73. The number of nitrogens with zero attached hydrogens (tertiary/aromatic N) is 4. The fourth-order valence-corrected chi connectivity index (χ4v) is 2.52. The highest BCUT2D eigenvalue weighted by Gasteiger charge is 2.57. The van der Waals surface area contributed by atoms with E-state index in [1.165, 1.54) is 37.1 Å². The topological polar surface area (TPSA) is 51.0 Å². The van der Waals surface area contributed by atoms with Gasteiger partial charge in [0.1, 0.15) is 0 Å². The lowest BCUT2D eigenvalue weighted by Gasteiger charge is -2.26. The van der Waals surface area contributed by atoms with Crippen LogP contribution in [0, 0.1) is 12.8 Å². The van der Waals surface area contributed by atoms with Crippen molar-refractivity contribution in [2.75, 3.05) is 11.4 Å². The Labute approximate surface area is 150 Å². The van der Waals surface area contributed by atoms with Crippen LogP contribution in [0.2, 0.25) is 0 Å². The van der Waals surface area contributed by atoms with Gasteiger partial charge in [0.15, 0.2) is 5.92 Å². The predicted molar refractivity (Wildman–Crippen MR) is 84.3 cm³/mol. The molecule has 0 saturated heterocycles. The smallest absolute Gasteiger partial charge is 0.310 e. The van der Waals surface area contributed by atoms with E-state index in [0.717, 1.165) is 4.90 Å². The van der Waals surface area contributed by atoms with Crippen molar-refractivity contribution < 1.29 is 31.1 Å². The van der Waals surface area contributed by atoms with Gasteiger partial charge in [0, 0.05) is 19.2 Å². The number of aromatic nitrogens is 3. The lowest BCUT2D eigenvalue weighted by Crippen LogP contribution is -2.42. The molecule has 148 valence electrons. The van der Waals surface area contributed by atoms with Gasteiger partial charge in [-0.1, -0.05) is 0 Å². The molecule has 0 aliphatic carbocycles. The van der Waals surface area contributed by atoms with E-state index in [1.54, 1.807) is 12.1 Å². The van der Waals surface area contributed by atoms with Crippen LogP contribution < -0.4 is 4.90 Å². The molecule has 2 aromatic heterocycles. The van der Waals surface area contributed by atoms with Crippen LogP contribution in [-0.2, 0) is 4.79 Å². The van der Waals surface area contributed by atoms with Crippen molar-refractivity contribution in [1.82, 2.24) is 14.8 Å². The number of rotatable bonds is 5. The second kappa shape index (κ2) is 7.57. The molecule has 0 aliphatic rings. The number of halogens is 6. The van der Waals surface area contributed by atoms with Gasteiger partial charge in [-0.3, -0.25) is 9.78 Å². The summed E-state index contributed by atoms with van der Waals surface area (Å²) in [6.45, 7) is 2.85. The summed E-state index contributed by atoms with van der Waals surface area (Å²) in [7, 11) is 0. The molecule has 2 rings (SSSR count). The van der Waals surface area contributed by atoms with Crippen LogP contribution >= 0.6 is 0 Å². The molecule has 0 N–H and O–H groups in total. The summed E-state index contributed by atoms with van der Waals surface area (Å²) >= 11 is 0. The zero-order chi connectivity index (χ0) is 20.4. The van der Waals surface area contributed by atoms with Crippen molar-refractivity contribution in [2.24, 2.45) is 5.92 Å². The summed E-state index contributed by atoms with van der Waals surface area (Å²) in [4.78, 5) is 17.0. The summed E-state index contributed by atoms with van der Waals surface area (Å²) in [6, 6.07) is 3.29. The predicted octanol–water partition coefficient (Wildman–Crippen LogP) is 4.06. The third kappa shape index (κ3) is 4.77. The van der Waals surface area contributed by atoms with E-state index in [2.05, 4.69) is 10.1 Å². The summed E-state index contributed by atoms with van der Waals surface area (Å²) in [6.07, 6.45) is -8.50. The molecule has 0 unspecified atom stereocenters. The number of amides is 1. The highest BCUT2D eigenvalue weighted by molar-refractivity contribution is 5.94. The zero-order valence-corrected chi connectivity index (χ0v) is 14.3. The number of anilines is 1. The minimum Gasteiger partial charge on any atom is -0.310 e.